The molecule has 3 aromatic rings. The molecular formula is C24H21F3N2O4S. The molecule has 0 aliphatic carbocycles. The Hall–Kier alpha value is -3.66. The van der Waals surface area contributed by atoms with Crippen LogP contribution in [0.1, 0.15) is 15.9 Å². The first-order valence-electron chi connectivity index (χ1n) is 9.93. The first-order valence-corrected chi connectivity index (χ1v) is 10.9. The number of para-hydroxylation sites is 1. The minimum atomic E-state index is -4.56. The van der Waals surface area contributed by atoms with Gasteiger partial charge in [0, 0.05) is 16.1 Å². The van der Waals surface area contributed by atoms with Crippen LogP contribution in [0.5, 0.6) is 11.5 Å². The van der Waals surface area contributed by atoms with E-state index in [1.54, 1.807) is 42.5 Å². The number of anilines is 2. The molecule has 0 radical (unpaired) electrons. The Morgan fingerprint density at radius 3 is 2.21 bits per heavy atom. The predicted octanol–water partition coefficient (Wildman–Crippen LogP) is 5.71. The quantitative estimate of drug-likeness (QED) is 0.396. The second kappa shape index (κ2) is 11.0. The van der Waals surface area contributed by atoms with Crippen molar-refractivity contribution in [1.82, 2.24) is 0 Å². The SMILES string of the molecule is COc1ccc(C(=O)Nc2ccc(SCC(=O)Nc3ccccc3C(F)(F)F)cc2)cc1OC. The number of rotatable bonds is 8. The van der Waals surface area contributed by atoms with E-state index in [0.29, 0.717) is 27.6 Å². The van der Waals surface area contributed by atoms with E-state index >= 15 is 0 Å². The van der Waals surface area contributed by atoms with Crippen LogP contribution >= 0.6 is 11.8 Å². The monoisotopic (exact) mass is 490 g/mol. The number of hydrogen-bond acceptors (Lipinski definition) is 5. The van der Waals surface area contributed by atoms with E-state index in [1.165, 1.54) is 32.4 Å². The highest BCUT2D eigenvalue weighted by molar-refractivity contribution is 8.00. The van der Waals surface area contributed by atoms with Gasteiger partial charge in [0.1, 0.15) is 0 Å². The molecule has 34 heavy (non-hydrogen) atoms. The largest absolute Gasteiger partial charge is 0.493 e. The first kappa shape index (κ1) is 25.0. The Labute approximate surface area is 198 Å². The van der Waals surface area contributed by atoms with Crippen molar-refractivity contribution in [3.63, 3.8) is 0 Å². The lowest BCUT2D eigenvalue weighted by Crippen LogP contribution is -2.18. The molecule has 3 rings (SSSR count). The number of amides is 2. The van der Waals surface area contributed by atoms with Crippen molar-refractivity contribution in [2.75, 3.05) is 30.6 Å². The molecule has 0 unspecified atom stereocenters. The molecule has 0 spiro atoms. The highest BCUT2D eigenvalue weighted by Crippen LogP contribution is 2.34. The average Bonchev–Trinajstić information content (AvgIpc) is 2.82. The number of carbonyl (C=O) groups excluding carboxylic acids is 2. The van der Waals surface area contributed by atoms with Crippen LogP contribution in [0.3, 0.4) is 0 Å². The van der Waals surface area contributed by atoms with Gasteiger partial charge in [0.25, 0.3) is 5.91 Å². The summed E-state index contributed by atoms with van der Waals surface area (Å²) in [4.78, 5) is 25.4. The number of ether oxygens (including phenoxy) is 2. The molecule has 10 heteroatoms. The smallest absolute Gasteiger partial charge is 0.418 e. The zero-order valence-electron chi connectivity index (χ0n) is 18.2. The van der Waals surface area contributed by atoms with Gasteiger partial charge in [0.05, 0.1) is 31.2 Å². The molecule has 0 aromatic heterocycles. The molecule has 0 fully saturated rings. The number of carbonyl (C=O) groups is 2. The van der Waals surface area contributed by atoms with Gasteiger partial charge in [0.15, 0.2) is 11.5 Å². The van der Waals surface area contributed by atoms with E-state index in [4.69, 9.17) is 9.47 Å². The molecule has 3 aromatic carbocycles. The van der Waals surface area contributed by atoms with Crippen LogP contribution in [0.2, 0.25) is 0 Å². The van der Waals surface area contributed by atoms with Crippen molar-refractivity contribution in [2.45, 2.75) is 11.1 Å². The topological polar surface area (TPSA) is 76.7 Å². The summed E-state index contributed by atoms with van der Waals surface area (Å²) in [6.45, 7) is 0. The van der Waals surface area contributed by atoms with Gasteiger partial charge in [-0.05, 0) is 54.6 Å². The van der Waals surface area contributed by atoms with E-state index < -0.39 is 17.6 Å². The second-order valence-electron chi connectivity index (χ2n) is 6.93. The summed E-state index contributed by atoms with van der Waals surface area (Å²) >= 11 is 1.16. The van der Waals surface area contributed by atoms with Crippen molar-refractivity contribution in [1.29, 1.82) is 0 Å². The van der Waals surface area contributed by atoms with Crippen molar-refractivity contribution >= 4 is 35.0 Å². The molecular weight excluding hydrogens is 469 g/mol. The third-order valence-electron chi connectivity index (χ3n) is 4.63. The van der Waals surface area contributed by atoms with E-state index in [-0.39, 0.29) is 17.3 Å². The zero-order valence-corrected chi connectivity index (χ0v) is 19.0. The number of benzene rings is 3. The van der Waals surface area contributed by atoms with Gasteiger partial charge >= 0.3 is 6.18 Å². The lowest BCUT2D eigenvalue weighted by Gasteiger charge is -2.13. The summed E-state index contributed by atoms with van der Waals surface area (Å²) in [6, 6.07) is 16.3. The molecule has 0 saturated carbocycles. The average molecular weight is 491 g/mol. The summed E-state index contributed by atoms with van der Waals surface area (Å²) in [7, 11) is 2.98. The van der Waals surface area contributed by atoms with Crippen LogP contribution in [-0.4, -0.2) is 31.8 Å². The molecule has 0 bridgehead atoms. The Kier molecular flexibility index (Phi) is 8.06. The van der Waals surface area contributed by atoms with Crippen molar-refractivity contribution in [3.8, 4) is 11.5 Å². The van der Waals surface area contributed by atoms with Gasteiger partial charge in [-0.25, -0.2) is 0 Å². The zero-order chi connectivity index (χ0) is 24.7. The number of hydrogen-bond donors (Lipinski definition) is 2. The van der Waals surface area contributed by atoms with Crippen molar-refractivity contribution < 1.29 is 32.2 Å². The van der Waals surface area contributed by atoms with E-state index in [9.17, 15) is 22.8 Å². The van der Waals surface area contributed by atoms with E-state index in [0.717, 1.165) is 17.8 Å². The molecule has 6 nitrogen and oxygen atoms in total. The van der Waals surface area contributed by atoms with Crippen LogP contribution in [-0.2, 0) is 11.0 Å². The number of nitrogens with one attached hydrogen (secondary N) is 2. The maximum atomic E-state index is 13.1. The third-order valence-corrected chi connectivity index (χ3v) is 5.65. The predicted molar refractivity (Wildman–Crippen MR) is 125 cm³/mol. The molecule has 0 atom stereocenters. The molecule has 0 saturated heterocycles. The Morgan fingerprint density at radius 1 is 0.882 bits per heavy atom. The summed E-state index contributed by atoms with van der Waals surface area (Å²) in [5.41, 5.74) is -0.267. The number of methoxy groups -OCH3 is 2. The number of alkyl halides is 3. The summed E-state index contributed by atoms with van der Waals surface area (Å²) in [6.07, 6.45) is -4.56. The lowest BCUT2D eigenvalue weighted by atomic mass is 10.1. The maximum Gasteiger partial charge on any atom is 0.418 e. The van der Waals surface area contributed by atoms with Gasteiger partial charge in [-0.2, -0.15) is 13.2 Å². The van der Waals surface area contributed by atoms with Crippen LogP contribution in [0, 0.1) is 0 Å². The van der Waals surface area contributed by atoms with E-state index in [1.807, 2.05) is 0 Å². The Morgan fingerprint density at radius 2 is 1.56 bits per heavy atom. The maximum absolute atomic E-state index is 13.1. The van der Waals surface area contributed by atoms with Crippen LogP contribution < -0.4 is 20.1 Å². The van der Waals surface area contributed by atoms with Crippen LogP contribution in [0.4, 0.5) is 24.5 Å². The summed E-state index contributed by atoms with van der Waals surface area (Å²) in [5, 5.41) is 5.07. The summed E-state index contributed by atoms with van der Waals surface area (Å²) in [5.74, 6) is -0.0511. The van der Waals surface area contributed by atoms with E-state index in [2.05, 4.69) is 10.6 Å². The van der Waals surface area contributed by atoms with Crippen molar-refractivity contribution in [3.05, 3.63) is 77.9 Å². The number of thioether (sulfide) groups is 1. The fourth-order valence-corrected chi connectivity index (χ4v) is 3.69. The Balaban J connectivity index is 1.56. The van der Waals surface area contributed by atoms with Gasteiger partial charge in [-0.15, -0.1) is 11.8 Å². The highest BCUT2D eigenvalue weighted by Gasteiger charge is 2.33. The summed E-state index contributed by atoms with van der Waals surface area (Å²) < 4.78 is 49.5. The lowest BCUT2D eigenvalue weighted by molar-refractivity contribution is -0.137. The standard InChI is InChI=1S/C24H21F3N2O4S/c1-32-20-12-7-15(13-21(20)33-2)23(31)28-16-8-10-17(11-9-16)34-14-22(30)29-19-6-4-3-5-18(19)24(25,26)27/h3-13H,14H2,1-2H3,(H,28,31)(H,29,30). The molecule has 0 aliphatic rings. The van der Waals surface area contributed by atoms with Gasteiger partial charge < -0.3 is 20.1 Å². The normalized spacial score (nSPS) is 11.0. The fraction of sp³-hybridized carbons (Fsp3) is 0.167. The first-order chi connectivity index (χ1) is 16.2. The van der Waals surface area contributed by atoms with Crippen LogP contribution in [0.25, 0.3) is 0 Å². The van der Waals surface area contributed by atoms with Gasteiger partial charge in [-0.1, -0.05) is 12.1 Å². The van der Waals surface area contributed by atoms with Crippen molar-refractivity contribution in [2.24, 2.45) is 0 Å². The van der Waals surface area contributed by atoms with Crippen LogP contribution in [0.15, 0.2) is 71.6 Å². The molecule has 2 N–H and O–H groups in total. The number of halogens is 3. The molecule has 178 valence electrons. The second-order valence-corrected chi connectivity index (χ2v) is 7.98. The van der Waals surface area contributed by atoms with Gasteiger partial charge in [0.2, 0.25) is 5.91 Å². The minimum absolute atomic E-state index is 0.0798. The molecule has 0 heterocycles. The highest BCUT2D eigenvalue weighted by atomic mass is 32.2. The molecule has 2 amide bonds. The third kappa shape index (κ3) is 6.44. The molecule has 0 aliphatic heterocycles. The Bertz CT molecular complexity index is 1170. The fourth-order valence-electron chi connectivity index (χ4n) is 2.99. The minimum Gasteiger partial charge on any atom is -0.493 e. The van der Waals surface area contributed by atoms with Gasteiger partial charge in [-0.3, -0.25) is 9.59 Å².